The van der Waals surface area contributed by atoms with E-state index in [1.165, 1.54) is 0 Å². The molecule has 0 amide bonds. The molecule has 0 fully saturated rings. The van der Waals surface area contributed by atoms with Crippen molar-refractivity contribution >= 4 is 17.4 Å². The lowest BCUT2D eigenvalue weighted by Crippen LogP contribution is -2.28. The van der Waals surface area contributed by atoms with Gasteiger partial charge >= 0.3 is 0 Å². The molecule has 3 aromatic rings. The number of halogens is 1. The smallest absolute Gasteiger partial charge is 0.165 e. The van der Waals surface area contributed by atoms with Crippen LogP contribution in [0.15, 0.2) is 54.6 Å². The second-order valence-electron chi connectivity index (χ2n) is 7.90. The van der Waals surface area contributed by atoms with Gasteiger partial charge in [0.1, 0.15) is 0 Å². The predicted octanol–water partition coefficient (Wildman–Crippen LogP) is 6.26. The second-order valence-corrected chi connectivity index (χ2v) is 8.34. The molecule has 1 aromatic heterocycles. The molecule has 4 rings (SSSR count). The van der Waals surface area contributed by atoms with Gasteiger partial charge in [0.15, 0.2) is 5.78 Å². The molecule has 0 radical (unpaired) electrons. The van der Waals surface area contributed by atoms with Gasteiger partial charge in [0.05, 0.1) is 0 Å². The van der Waals surface area contributed by atoms with E-state index in [-0.39, 0.29) is 11.2 Å². The van der Waals surface area contributed by atoms with Crippen molar-refractivity contribution in [2.75, 3.05) is 0 Å². The molecule has 0 saturated heterocycles. The van der Waals surface area contributed by atoms with Crippen LogP contribution in [-0.2, 0) is 6.42 Å². The van der Waals surface area contributed by atoms with E-state index in [9.17, 15) is 4.79 Å². The van der Waals surface area contributed by atoms with E-state index >= 15 is 0 Å². The topological polar surface area (TPSA) is 22.0 Å². The third kappa shape index (κ3) is 2.79. The zero-order valence-corrected chi connectivity index (χ0v) is 16.1. The lowest BCUT2D eigenvalue weighted by molar-refractivity contribution is 0.0911. The summed E-state index contributed by atoms with van der Waals surface area (Å²) in [6.45, 7) is 6.45. The lowest BCUT2D eigenvalue weighted by atomic mass is 9.75. The highest BCUT2D eigenvalue weighted by molar-refractivity contribution is 6.30. The minimum atomic E-state index is -0.0291. The van der Waals surface area contributed by atoms with Gasteiger partial charge in [0.2, 0.25) is 0 Å². The Morgan fingerprint density at radius 1 is 0.923 bits per heavy atom. The molecule has 0 bridgehead atoms. The average molecular weight is 364 g/mol. The van der Waals surface area contributed by atoms with Crippen molar-refractivity contribution in [2.45, 2.75) is 33.6 Å². The number of fused-ring (bicyclic) bond motifs is 1. The van der Waals surface area contributed by atoms with Crippen LogP contribution in [0.1, 0.15) is 42.0 Å². The molecule has 0 spiro atoms. The van der Waals surface area contributed by atoms with Crippen molar-refractivity contribution in [1.82, 2.24) is 4.57 Å². The van der Waals surface area contributed by atoms with Crippen molar-refractivity contribution in [3.05, 3.63) is 76.6 Å². The van der Waals surface area contributed by atoms with Crippen LogP contribution in [0.5, 0.6) is 0 Å². The van der Waals surface area contributed by atoms with Gasteiger partial charge in [0.25, 0.3) is 0 Å². The van der Waals surface area contributed by atoms with Crippen LogP contribution >= 0.6 is 11.6 Å². The Morgan fingerprint density at radius 2 is 1.58 bits per heavy atom. The van der Waals surface area contributed by atoms with E-state index in [0.29, 0.717) is 11.4 Å². The summed E-state index contributed by atoms with van der Waals surface area (Å²) in [5.41, 5.74) is 6.28. The summed E-state index contributed by atoms with van der Waals surface area (Å²) >= 11 is 6.08. The normalized spacial score (nSPS) is 15.8. The highest BCUT2D eigenvalue weighted by Gasteiger charge is 2.37. The molecule has 132 valence electrons. The van der Waals surface area contributed by atoms with Gasteiger partial charge in [-0.25, -0.2) is 0 Å². The van der Waals surface area contributed by atoms with Crippen molar-refractivity contribution in [3.8, 4) is 16.8 Å². The Hall–Kier alpha value is -2.32. The number of hydrogen-bond donors (Lipinski definition) is 0. The first-order chi connectivity index (χ1) is 12.4. The number of benzene rings is 2. The molecule has 0 saturated carbocycles. The highest BCUT2D eigenvalue weighted by Crippen LogP contribution is 2.43. The molecule has 1 aliphatic carbocycles. The second kappa shape index (κ2) is 6.14. The van der Waals surface area contributed by atoms with Crippen LogP contribution in [0.2, 0.25) is 5.02 Å². The van der Waals surface area contributed by atoms with E-state index in [0.717, 1.165) is 40.2 Å². The lowest BCUT2D eigenvalue weighted by Gasteiger charge is -2.30. The fourth-order valence-electron chi connectivity index (χ4n) is 4.15. The number of rotatable bonds is 2. The molecule has 1 aliphatic rings. The maximum Gasteiger partial charge on any atom is 0.165 e. The summed E-state index contributed by atoms with van der Waals surface area (Å²) in [6.07, 6.45) is 1.47. The third-order valence-corrected chi connectivity index (χ3v) is 5.47. The minimum absolute atomic E-state index is 0.0291. The fraction of sp³-hybridized carbons (Fsp3) is 0.261. The quantitative estimate of drug-likeness (QED) is 0.526. The molecule has 0 N–H and O–H groups in total. The van der Waals surface area contributed by atoms with Gasteiger partial charge in [-0.05, 0) is 48.6 Å². The van der Waals surface area contributed by atoms with E-state index in [1.807, 2.05) is 42.5 Å². The van der Waals surface area contributed by atoms with Gasteiger partial charge in [-0.3, -0.25) is 4.79 Å². The zero-order valence-electron chi connectivity index (χ0n) is 15.3. The SMILES string of the molecule is Cc1c(-c2ccc(Cl)cc2)c2c(n1-c1ccccc1)CC(C)(C)CC2=O. The molecule has 0 atom stereocenters. The Kier molecular flexibility index (Phi) is 4.04. The van der Waals surface area contributed by atoms with Crippen LogP contribution in [0.25, 0.3) is 16.8 Å². The Balaban J connectivity index is 2.04. The summed E-state index contributed by atoms with van der Waals surface area (Å²) in [4.78, 5) is 13.1. The average Bonchev–Trinajstić information content (AvgIpc) is 2.87. The minimum Gasteiger partial charge on any atom is -0.317 e. The van der Waals surface area contributed by atoms with Gasteiger partial charge in [0, 0.05) is 39.6 Å². The highest BCUT2D eigenvalue weighted by atomic mass is 35.5. The van der Waals surface area contributed by atoms with E-state index in [1.54, 1.807) is 0 Å². The fourth-order valence-corrected chi connectivity index (χ4v) is 4.28. The molecule has 0 aliphatic heterocycles. The number of aromatic nitrogens is 1. The first-order valence-electron chi connectivity index (χ1n) is 8.96. The van der Waals surface area contributed by atoms with E-state index in [4.69, 9.17) is 11.6 Å². The van der Waals surface area contributed by atoms with Crippen molar-refractivity contribution in [3.63, 3.8) is 0 Å². The van der Waals surface area contributed by atoms with E-state index < -0.39 is 0 Å². The standard InChI is InChI=1S/C23H22ClNO/c1-15-21(16-9-11-17(24)12-10-16)22-19(13-23(2,3)14-20(22)26)25(15)18-7-5-4-6-8-18/h4-12H,13-14H2,1-3H3. The number of nitrogens with zero attached hydrogens (tertiary/aromatic N) is 1. The number of carbonyl (C=O) groups excluding carboxylic acids is 1. The maximum atomic E-state index is 13.1. The molecular weight excluding hydrogens is 342 g/mol. The molecule has 3 heteroatoms. The van der Waals surface area contributed by atoms with E-state index in [2.05, 4.69) is 37.5 Å². The summed E-state index contributed by atoms with van der Waals surface area (Å²) in [5.74, 6) is 0.235. The molecule has 1 heterocycles. The Bertz CT molecular complexity index is 981. The van der Waals surface area contributed by atoms with Gasteiger partial charge < -0.3 is 4.57 Å². The number of carbonyl (C=O) groups is 1. The van der Waals surface area contributed by atoms with Crippen molar-refractivity contribution in [1.29, 1.82) is 0 Å². The van der Waals surface area contributed by atoms with Crippen LogP contribution in [-0.4, -0.2) is 10.4 Å². The largest absolute Gasteiger partial charge is 0.317 e. The number of Topliss-reactive ketones (excluding diaryl/α,β-unsaturated/α-hetero) is 1. The van der Waals surface area contributed by atoms with Gasteiger partial charge in [-0.15, -0.1) is 0 Å². The Labute approximate surface area is 159 Å². The molecule has 26 heavy (non-hydrogen) atoms. The van der Waals surface area contributed by atoms with Crippen LogP contribution in [0.4, 0.5) is 0 Å². The predicted molar refractivity (Wildman–Crippen MR) is 107 cm³/mol. The number of ketones is 1. The Morgan fingerprint density at radius 3 is 2.23 bits per heavy atom. The maximum absolute atomic E-state index is 13.1. The van der Waals surface area contributed by atoms with Crippen LogP contribution in [0, 0.1) is 12.3 Å². The molecule has 2 nitrogen and oxygen atoms in total. The first kappa shape index (κ1) is 17.1. The summed E-state index contributed by atoms with van der Waals surface area (Å²) in [6, 6.07) is 18.1. The first-order valence-corrected chi connectivity index (χ1v) is 9.34. The molecule has 0 unspecified atom stereocenters. The van der Waals surface area contributed by atoms with Crippen molar-refractivity contribution < 1.29 is 4.79 Å². The van der Waals surface area contributed by atoms with Gasteiger partial charge in [-0.1, -0.05) is 55.8 Å². The summed E-state index contributed by atoms with van der Waals surface area (Å²) in [7, 11) is 0. The molecule has 2 aromatic carbocycles. The van der Waals surface area contributed by atoms with Crippen molar-refractivity contribution in [2.24, 2.45) is 5.41 Å². The number of para-hydroxylation sites is 1. The van der Waals surface area contributed by atoms with Gasteiger partial charge in [-0.2, -0.15) is 0 Å². The zero-order chi connectivity index (χ0) is 18.5. The van der Waals surface area contributed by atoms with Crippen LogP contribution in [0.3, 0.4) is 0 Å². The molecular formula is C23H22ClNO. The monoisotopic (exact) mass is 363 g/mol. The van der Waals surface area contributed by atoms with Crippen LogP contribution < -0.4 is 0 Å². The number of hydrogen-bond acceptors (Lipinski definition) is 1. The summed E-state index contributed by atoms with van der Waals surface area (Å²) in [5, 5.41) is 0.704. The third-order valence-electron chi connectivity index (χ3n) is 5.22. The summed E-state index contributed by atoms with van der Waals surface area (Å²) < 4.78 is 2.26.